The van der Waals surface area contributed by atoms with Gasteiger partial charge in [-0.25, -0.2) is 4.79 Å². The summed E-state index contributed by atoms with van der Waals surface area (Å²) in [6, 6.07) is 12.6. The molecule has 0 fully saturated rings. The lowest BCUT2D eigenvalue weighted by atomic mass is 10.1. The van der Waals surface area contributed by atoms with Gasteiger partial charge in [0, 0.05) is 21.8 Å². The van der Waals surface area contributed by atoms with Gasteiger partial charge in [0.15, 0.2) is 0 Å². The third-order valence-electron chi connectivity index (χ3n) is 3.88. The van der Waals surface area contributed by atoms with Crippen LogP contribution in [0.15, 0.2) is 42.5 Å². The van der Waals surface area contributed by atoms with Crippen LogP contribution in [0.25, 0.3) is 10.9 Å². The van der Waals surface area contributed by atoms with Crippen LogP contribution in [-0.4, -0.2) is 24.7 Å². The van der Waals surface area contributed by atoms with Crippen molar-refractivity contribution in [3.05, 3.63) is 58.7 Å². The van der Waals surface area contributed by atoms with Crippen LogP contribution in [0.1, 0.15) is 23.0 Å². The predicted molar refractivity (Wildman–Crippen MR) is 104 cm³/mol. The highest BCUT2D eigenvalue weighted by atomic mass is 35.5. The number of hydrogen-bond acceptors (Lipinski definition) is 5. The molecule has 0 saturated heterocycles. The summed E-state index contributed by atoms with van der Waals surface area (Å²) >= 11 is 6.12. The van der Waals surface area contributed by atoms with Gasteiger partial charge < -0.3 is 14.8 Å². The number of methoxy groups -OCH3 is 1. The van der Waals surface area contributed by atoms with Crippen LogP contribution in [0.3, 0.4) is 0 Å². The Kier molecular flexibility index (Phi) is 5.28. The van der Waals surface area contributed by atoms with Crippen LogP contribution in [0.2, 0.25) is 5.02 Å². The van der Waals surface area contributed by atoms with E-state index in [1.54, 1.807) is 44.4 Å². The number of aromatic nitrogens is 1. The maximum absolute atomic E-state index is 12.1. The second-order valence-corrected chi connectivity index (χ2v) is 6.17. The summed E-state index contributed by atoms with van der Waals surface area (Å²) in [6.45, 7) is 4.02. The number of anilines is 2. The van der Waals surface area contributed by atoms with Crippen molar-refractivity contribution in [2.45, 2.75) is 13.8 Å². The molecule has 6 heteroatoms. The van der Waals surface area contributed by atoms with E-state index in [0.29, 0.717) is 22.9 Å². The first-order valence-corrected chi connectivity index (χ1v) is 8.58. The predicted octanol–water partition coefficient (Wildman–Crippen LogP) is 5.13. The molecule has 26 heavy (non-hydrogen) atoms. The summed E-state index contributed by atoms with van der Waals surface area (Å²) in [5.41, 5.74) is 3.64. The number of pyridine rings is 1. The molecule has 5 nitrogen and oxygen atoms in total. The topological polar surface area (TPSA) is 60.5 Å². The van der Waals surface area contributed by atoms with Gasteiger partial charge in [-0.2, -0.15) is 0 Å². The van der Waals surface area contributed by atoms with Gasteiger partial charge in [-0.1, -0.05) is 11.6 Å². The Balaban J connectivity index is 2.11. The minimum atomic E-state index is -0.360. The molecular formula is C20H19ClN2O3. The van der Waals surface area contributed by atoms with E-state index in [1.165, 1.54) is 0 Å². The molecule has 0 aliphatic heterocycles. The fourth-order valence-electron chi connectivity index (χ4n) is 2.73. The highest BCUT2D eigenvalue weighted by Gasteiger charge is 2.12. The number of carbonyl (C=O) groups is 1. The summed E-state index contributed by atoms with van der Waals surface area (Å²) in [5.74, 6) is 0.305. The third kappa shape index (κ3) is 3.73. The Hall–Kier alpha value is -2.79. The largest absolute Gasteiger partial charge is 0.495 e. The van der Waals surface area contributed by atoms with Crippen molar-refractivity contribution in [1.82, 2.24) is 4.98 Å². The minimum Gasteiger partial charge on any atom is -0.495 e. The van der Waals surface area contributed by atoms with Crippen LogP contribution in [0.5, 0.6) is 5.75 Å². The molecule has 0 saturated carbocycles. The fourth-order valence-corrected chi connectivity index (χ4v) is 2.90. The van der Waals surface area contributed by atoms with Crippen LogP contribution in [-0.2, 0) is 4.74 Å². The quantitative estimate of drug-likeness (QED) is 0.631. The van der Waals surface area contributed by atoms with E-state index >= 15 is 0 Å². The van der Waals surface area contributed by atoms with Crippen molar-refractivity contribution in [2.24, 2.45) is 0 Å². The number of nitrogens with zero attached hydrogens (tertiary/aromatic N) is 1. The van der Waals surface area contributed by atoms with Crippen LogP contribution in [0, 0.1) is 6.92 Å². The monoisotopic (exact) mass is 370 g/mol. The summed E-state index contributed by atoms with van der Waals surface area (Å²) in [7, 11) is 1.60. The van der Waals surface area contributed by atoms with Gasteiger partial charge in [0.05, 0.1) is 30.5 Å². The van der Waals surface area contributed by atoms with Crippen LogP contribution in [0.4, 0.5) is 11.4 Å². The zero-order valence-corrected chi connectivity index (χ0v) is 15.6. The summed E-state index contributed by atoms with van der Waals surface area (Å²) < 4.78 is 10.5. The number of carbonyl (C=O) groups excluding carboxylic acids is 1. The SMILES string of the molecule is CCOC(=O)c1ccc2nc(C)cc(Nc3cc(Cl)ccc3OC)c2c1. The summed E-state index contributed by atoms with van der Waals surface area (Å²) in [4.78, 5) is 16.6. The molecular weight excluding hydrogens is 352 g/mol. The maximum Gasteiger partial charge on any atom is 0.338 e. The van der Waals surface area contributed by atoms with E-state index in [0.717, 1.165) is 28.0 Å². The van der Waals surface area contributed by atoms with E-state index < -0.39 is 0 Å². The molecule has 1 N–H and O–H groups in total. The average Bonchev–Trinajstić information content (AvgIpc) is 2.61. The van der Waals surface area contributed by atoms with Crippen molar-refractivity contribution in [2.75, 3.05) is 19.0 Å². The van der Waals surface area contributed by atoms with Crippen LogP contribution < -0.4 is 10.1 Å². The molecule has 3 aromatic rings. The number of nitrogens with one attached hydrogen (secondary N) is 1. The molecule has 0 aliphatic carbocycles. The molecule has 0 bridgehead atoms. The Bertz CT molecular complexity index is 973. The molecule has 0 radical (unpaired) electrons. The molecule has 3 rings (SSSR count). The summed E-state index contributed by atoms with van der Waals surface area (Å²) in [5, 5.41) is 4.75. The smallest absolute Gasteiger partial charge is 0.338 e. The van der Waals surface area contributed by atoms with E-state index in [9.17, 15) is 4.79 Å². The lowest BCUT2D eigenvalue weighted by Gasteiger charge is -2.14. The molecule has 0 aliphatic rings. The Morgan fingerprint density at radius 2 is 1.96 bits per heavy atom. The zero-order chi connectivity index (χ0) is 18.7. The lowest BCUT2D eigenvalue weighted by molar-refractivity contribution is 0.0526. The fraction of sp³-hybridized carbons (Fsp3) is 0.200. The molecule has 0 atom stereocenters. The first-order valence-electron chi connectivity index (χ1n) is 8.21. The first-order chi connectivity index (χ1) is 12.5. The molecule has 0 amide bonds. The molecule has 2 aromatic carbocycles. The number of benzene rings is 2. The zero-order valence-electron chi connectivity index (χ0n) is 14.8. The van der Waals surface area contributed by atoms with Gasteiger partial charge in [0.25, 0.3) is 0 Å². The van der Waals surface area contributed by atoms with Crippen molar-refractivity contribution in [1.29, 1.82) is 0 Å². The van der Waals surface area contributed by atoms with Crippen molar-refractivity contribution < 1.29 is 14.3 Å². The summed E-state index contributed by atoms with van der Waals surface area (Å²) in [6.07, 6.45) is 0. The standard InChI is InChI=1S/C20H19ClN2O3/c1-4-26-20(24)13-5-7-16-15(10-13)17(9-12(2)22-16)23-18-11-14(21)6-8-19(18)25-3/h5-11H,4H2,1-3H3,(H,22,23). The van der Waals surface area contributed by atoms with Crippen LogP contribution >= 0.6 is 11.6 Å². The maximum atomic E-state index is 12.1. The van der Waals surface area contributed by atoms with E-state index in [1.807, 2.05) is 19.1 Å². The van der Waals surface area contributed by atoms with Crippen molar-refractivity contribution in [3.63, 3.8) is 0 Å². The van der Waals surface area contributed by atoms with Gasteiger partial charge in [0.2, 0.25) is 0 Å². The lowest BCUT2D eigenvalue weighted by Crippen LogP contribution is -2.05. The minimum absolute atomic E-state index is 0.327. The third-order valence-corrected chi connectivity index (χ3v) is 4.11. The van der Waals surface area contributed by atoms with Crippen molar-refractivity contribution in [3.8, 4) is 5.75 Å². The molecule has 1 aromatic heterocycles. The molecule has 0 unspecified atom stereocenters. The molecule has 0 spiro atoms. The Labute approximate surface area is 156 Å². The van der Waals surface area contributed by atoms with Gasteiger partial charge in [-0.15, -0.1) is 0 Å². The van der Waals surface area contributed by atoms with Crippen molar-refractivity contribution >= 4 is 39.8 Å². The van der Waals surface area contributed by atoms with E-state index in [4.69, 9.17) is 21.1 Å². The Morgan fingerprint density at radius 3 is 2.69 bits per heavy atom. The number of fused-ring (bicyclic) bond motifs is 1. The highest BCUT2D eigenvalue weighted by molar-refractivity contribution is 6.31. The van der Waals surface area contributed by atoms with Gasteiger partial charge in [-0.3, -0.25) is 4.98 Å². The number of aryl methyl sites for hydroxylation is 1. The van der Waals surface area contributed by atoms with Gasteiger partial charge in [-0.05, 0) is 56.3 Å². The second kappa shape index (κ2) is 7.62. The molecule has 1 heterocycles. The first kappa shape index (κ1) is 18.0. The van der Waals surface area contributed by atoms with E-state index in [2.05, 4.69) is 10.3 Å². The van der Waals surface area contributed by atoms with E-state index in [-0.39, 0.29) is 5.97 Å². The number of rotatable bonds is 5. The number of esters is 1. The van der Waals surface area contributed by atoms with Gasteiger partial charge in [0.1, 0.15) is 5.75 Å². The average molecular weight is 371 g/mol. The Morgan fingerprint density at radius 1 is 1.15 bits per heavy atom. The highest BCUT2D eigenvalue weighted by Crippen LogP contribution is 2.33. The molecule has 134 valence electrons. The number of ether oxygens (including phenoxy) is 2. The normalized spacial score (nSPS) is 10.6. The second-order valence-electron chi connectivity index (χ2n) is 5.73. The number of hydrogen-bond donors (Lipinski definition) is 1. The van der Waals surface area contributed by atoms with Gasteiger partial charge >= 0.3 is 5.97 Å². The number of halogens is 1.